The lowest BCUT2D eigenvalue weighted by Gasteiger charge is -2.12. The van der Waals surface area contributed by atoms with Crippen LogP contribution in [0.25, 0.3) is 11.1 Å². The van der Waals surface area contributed by atoms with Crippen molar-refractivity contribution in [3.8, 4) is 29.2 Å². The lowest BCUT2D eigenvalue weighted by atomic mass is 10.0. The fourth-order valence-corrected chi connectivity index (χ4v) is 2.54. The van der Waals surface area contributed by atoms with Crippen molar-refractivity contribution in [3.63, 3.8) is 0 Å². The highest BCUT2D eigenvalue weighted by Crippen LogP contribution is 2.33. The van der Waals surface area contributed by atoms with Gasteiger partial charge in [0.25, 0.3) is 5.69 Å². The van der Waals surface area contributed by atoms with Gasteiger partial charge in [0.1, 0.15) is 17.9 Å². The maximum atomic E-state index is 11.0. The Morgan fingerprint density at radius 2 is 1.72 bits per heavy atom. The molecule has 4 heteroatoms. The first-order valence-electron chi connectivity index (χ1n) is 7.70. The number of rotatable bonds is 5. The summed E-state index contributed by atoms with van der Waals surface area (Å²) in [5.74, 6) is 3.08. The molecule has 3 rings (SSSR count). The lowest BCUT2D eigenvalue weighted by Crippen LogP contribution is -1.97. The molecule has 0 bridgehead atoms. The molecule has 3 aromatic carbocycles. The number of hydrogen-bond donors (Lipinski definition) is 0. The molecule has 0 aliphatic rings. The molecule has 0 saturated carbocycles. The highest BCUT2D eigenvalue weighted by atomic mass is 16.6. The monoisotopic (exact) mass is 329 g/mol. The molecule has 0 amide bonds. The summed E-state index contributed by atoms with van der Waals surface area (Å²) in [5, 5.41) is 11.0. The molecule has 0 aromatic heterocycles. The summed E-state index contributed by atoms with van der Waals surface area (Å²) in [6, 6.07) is 22.2. The second-order valence-corrected chi connectivity index (χ2v) is 5.40. The molecule has 0 spiro atoms. The molecule has 0 aliphatic carbocycles. The van der Waals surface area contributed by atoms with Gasteiger partial charge in [-0.2, -0.15) is 0 Å². The Labute approximate surface area is 145 Å². The van der Waals surface area contributed by atoms with Gasteiger partial charge in [0, 0.05) is 11.6 Å². The Morgan fingerprint density at radius 3 is 2.44 bits per heavy atom. The number of nitrogens with zero attached hydrogens (tertiary/aromatic N) is 1. The normalized spacial score (nSPS) is 10.0. The van der Waals surface area contributed by atoms with Crippen LogP contribution in [0.3, 0.4) is 0 Å². The predicted molar refractivity (Wildman–Crippen MR) is 97.2 cm³/mol. The quantitative estimate of drug-likeness (QED) is 0.383. The summed E-state index contributed by atoms with van der Waals surface area (Å²) >= 11 is 0. The first kappa shape index (κ1) is 16.3. The molecule has 0 atom stereocenters. The van der Waals surface area contributed by atoms with E-state index in [1.54, 1.807) is 12.1 Å². The zero-order chi connectivity index (χ0) is 17.6. The molecule has 0 radical (unpaired) electrons. The van der Waals surface area contributed by atoms with Crippen LogP contribution in [-0.4, -0.2) is 4.92 Å². The van der Waals surface area contributed by atoms with E-state index >= 15 is 0 Å². The zero-order valence-electron chi connectivity index (χ0n) is 13.4. The molecule has 0 saturated heterocycles. The van der Waals surface area contributed by atoms with E-state index in [0.717, 1.165) is 16.7 Å². The molecule has 3 aromatic rings. The van der Waals surface area contributed by atoms with Crippen LogP contribution >= 0.6 is 0 Å². The topological polar surface area (TPSA) is 52.4 Å². The predicted octanol–water partition coefficient (Wildman–Crippen LogP) is 4.82. The zero-order valence-corrected chi connectivity index (χ0v) is 13.4. The van der Waals surface area contributed by atoms with Crippen LogP contribution in [0.15, 0.2) is 72.8 Å². The Balaban J connectivity index is 1.93. The van der Waals surface area contributed by atoms with Crippen molar-refractivity contribution in [3.05, 3.63) is 94.0 Å². The van der Waals surface area contributed by atoms with E-state index in [1.165, 1.54) is 6.07 Å². The first-order valence-corrected chi connectivity index (χ1v) is 7.70. The summed E-state index contributed by atoms with van der Waals surface area (Å²) < 4.78 is 5.94. The van der Waals surface area contributed by atoms with Gasteiger partial charge in [0.05, 0.1) is 4.92 Å². The summed E-state index contributed by atoms with van der Waals surface area (Å²) in [5.41, 5.74) is 2.85. The molecular formula is C21H15NO3. The van der Waals surface area contributed by atoms with Crippen molar-refractivity contribution < 1.29 is 9.66 Å². The molecule has 0 unspecified atom stereocenters. The molecule has 0 N–H and O–H groups in total. The highest BCUT2D eigenvalue weighted by molar-refractivity contribution is 5.73. The number of para-hydroxylation sites is 1. The summed E-state index contributed by atoms with van der Waals surface area (Å²) in [6.45, 7) is 0.437. The van der Waals surface area contributed by atoms with Crippen molar-refractivity contribution in [2.75, 3.05) is 0 Å². The van der Waals surface area contributed by atoms with Gasteiger partial charge in [0.2, 0.25) is 0 Å². The maximum Gasteiger partial charge on any atom is 0.284 e. The van der Waals surface area contributed by atoms with Crippen molar-refractivity contribution in [2.24, 2.45) is 0 Å². The molecule has 0 aliphatic heterocycles. The summed E-state index contributed by atoms with van der Waals surface area (Å²) in [7, 11) is 0. The number of ether oxygens (including phenoxy) is 1. The van der Waals surface area contributed by atoms with Crippen LogP contribution in [0.5, 0.6) is 5.75 Å². The van der Waals surface area contributed by atoms with Gasteiger partial charge in [-0.15, -0.1) is 6.42 Å². The third kappa shape index (κ3) is 3.67. The summed E-state index contributed by atoms with van der Waals surface area (Å²) in [6.07, 6.45) is 5.42. The molecule has 25 heavy (non-hydrogen) atoms. The van der Waals surface area contributed by atoms with Gasteiger partial charge in [-0.3, -0.25) is 10.1 Å². The molecular weight excluding hydrogens is 314 g/mol. The molecule has 0 fully saturated rings. The van der Waals surface area contributed by atoms with Gasteiger partial charge >= 0.3 is 0 Å². The third-order valence-electron chi connectivity index (χ3n) is 3.78. The second kappa shape index (κ2) is 7.33. The Kier molecular flexibility index (Phi) is 4.77. The van der Waals surface area contributed by atoms with Gasteiger partial charge in [-0.05, 0) is 29.3 Å². The smallest absolute Gasteiger partial charge is 0.284 e. The van der Waals surface area contributed by atoms with Crippen molar-refractivity contribution in [1.82, 2.24) is 0 Å². The van der Waals surface area contributed by atoms with E-state index in [2.05, 4.69) is 5.92 Å². The van der Waals surface area contributed by atoms with Crippen molar-refractivity contribution >= 4 is 5.69 Å². The van der Waals surface area contributed by atoms with Crippen LogP contribution in [0.2, 0.25) is 0 Å². The molecule has 122 valence electrons. The van der Waals surface area contributed by atoms with E-state index in [9.17, 15) is 10.1 Å². The van der Waals surface area contributed by atoms with E-state index in [-0.39, 0.29) is 11.3 Å². The van der Waals surface area contributed by atoms with E-state index in [0.29, 0.717) is 12.4 Å². The SMILES string of the molecule is C#Cc1cc(-c2ccccc2OCc2ccccc2)ccc1[N+](=O)[O-]. The van der Waals surface area contributed by atoms with Crippen LogP contribution in [0, 0.1) is 22.5 Å². The minimum atomic E-state index is -0.475. The molecule has 4 nitrogen and oxygen atoms in total. The Morgan fingerprint density at radius 1 is 1.00 bits per heavy atom. The third-order valence-corrected chi connectivity index (χ3v) is 3.78. The minimum absolute atomic E-state index is 0.0751. The van der Waals surface area contributed by atoms with Crippen LogP contribution in [0.1, 0.15) is 11.1 Å². The van der Waals surface area contributed by atoms with E-state index < -0.39 is 4.92 Å². The molecule has 0 heterocycles. The van der Waals surface area contributed by atoms with Crippen LogP contribution in [-0.2, 0) is 6.61 Å². The summed E-state index contributed by atoms with van der Waals surface area (Å²) in [4.78, 5) is 10.6. The average Bonchev–Trinajstić information content (AvgIpc) is 2.66. The maximum absolute atomic E-state index is 11.0. The number of terminal acetylenes is 1. The number of hydrogen-bond acceptors (Lipinski definition) is 3. The highest BCUT2D eigenvalue weighted by Gasteiger charge is 2.14. The standard InChI is InChI=1S/C21H15NO3/c1-2-17-14-18(12-13-20(17)22(23)24)19-10-6-7-11-21(19)25-15-16-8-4-3-5-9-16/h1,3-14H,15H2. The minimum Gasteiger partial charge on any atom is -0.488 e. The van der Waals surface area contributed by atoms with Crippen LogP contribution < -0.4 is 4.74 Å². The second-order valence-electron chi connectivity index (χ2n) is 5.40. The lowest BCUT2D eigenvalue weighted by molar-refractivity contribution is -0.385. The fourth-order valence-electron chi connectivity index (χ4n) is 2.54. The number of nitro groups is 1. The van der Waals surface area contributed by atoms with E-state index in [4.69, 9.17) is 11.2 Å². The van der Waals surface area contributed by atoms with Crippen LogP contribution in [0.4, 0.5) is 5.69 Å². The van der Waals surface area contributed by atoms with Gasteiger partial charge in [0.15, 0.2) is 0 Å². The number of nitro benzene ring substituents is 1. The largest absolute Gasteiger partial charge is 0.488 e. The Hall–Kier alpha value is -3.58. The Bertz CT molecular complexity index is 943. The number of benzene rings is 3. The first-order chi connectivity index (χ1) is 12.2. The fraction of sp³-hybridized carbons (Fsp3) is 0.0476. The van der Waals surface area contributed by atoms with Crippen molar-refractivity contribution in [1.29, 1.82) is 0 Å². The van der Waals surface area contributed by atoms with Gasteiger partial charge in [-0.25, -0.2) is 0 Å². The van der Waals surface area contributed by atoms with Gasteiger partial charge in [-0.1, -0.05) is 54.5 Å². The average molecular weight is 329 g/mol. The van der Waals surface area contributed by atoms with E-state index in [1.807, 2.05) is 54.6 Å². The van der Waals surface area contributed by atoms with Crippen molar-refractivity contribution in [2.45, 2.75) is 6.61 Å². The van der Waals surface area contributed by atoms with Gasteiger partial charge < -0.3 is 4.74 Å².